The Morgan fingerprint density at radius 3 is 2.27 bits per heavy atom. The summed E-state index contributed by atoms with van der Waals surface area (Å²) < 4.78 is 0. The molecule has 2 aromatic carbocycles. The molecule has 0 fully saturated rings. The fraction of sp³-hybridized carbons (Fsp3) is 0.222. The molecule has 22 heavy (non-hydrogen) atoms. The molecular formula is C18H20N2O2. The molecule has 0 spiro atoms. The van der Waals surface area contributed by atoms with Crippen LogP contribution in [0.5, 0.6) is 0 Å². The van der Waals surface area contributed by atoms with Crippen LogP contribution in [0.2, 0.25) is 0 Å². The molecular weight excluding hydrogens is 276 g/mol. The van der Waals surface area contributed by atoms with Crippen LogP contribution >= 0.6 is 0 Å². The number of carbonyl (C=O) groups excluding carboxylic acids is 2. The van der Waals surface area contributed by atoms with Gasteiger partial charge in [0.15, 0.2) is 5.78 Å². The topological polar surface area (TPSA) is 86.2 Å². The van der Waals surface area contributed by atoms with E-state index >= 15 is 0 Å². The zero-order valence-electron chi connectivity index (χ0n) is 12.4. The summed E-state index contributed by atoms with van der Waals surface area (Å²) in [5.74, 6) is -0.486. The molecule has 0 aromatic heterocycles. The van der Waals surface area contributed by atoms with Crippen LogP contribution in [0.15, 0.2) is 54.6 Å². The summed E-state index contributed by atoms with van der Waals surface area (Å²) in [6.45, 7) is 0. The zero-order valence-corrected chi connectivity index (χ0v) is 12.4. The molecule has 0 aliphatic heterocycles. The SMILES string of the molecule is NC(=O)CCc1ccccc1C(=O)[C@@H](N)Cc1ccccc1. The Morgan fingerprint density at radius 1 is 0.955 bits per heavy atom. The minimum atomic E-state index is -0.600. The highest BCUT2D eigenvalue weighted by atomic mass is 16.1. The Hall–Kier alpha value is -2.46. The predicted molar refractivity (Wildman–Crippen MR) is 86.4 cm³/mol. The molecule has 0 heterocycles. The first kappa shape index (κ1) is 15.9. The maximum atomic E-state index is 12.6. The van der Waals surface area contributed by atoms with Gasteiger partial charge in [-0.15, -0.1) is 0 Å². The maximum absolute atomic E-state index is 12.6. The molecule has 0 aliphatic rings. The second-order valence-corrected chi connectivity index (χ2v) is 5.28. The van der Waals surface area contributed by atoms with Crippen LogP contribution in [0.25, 0.3) is 0 Å². The van der Waals surface area contributed by atoms with E-state index in [4.69, 9.17) is 11.5 Å². The van der Waals surface area contributed by atoms with Gasteiger partial charge in [0.2, 0.25) is 5.91 Å². The van der Waals surface area contributed by atoms with E-state index in [1.807, 2.05) is 42.5 Å². The first-order valence-electron chi connectivity index (χ1n) is 7.28. The molecule has 1 atom stereocenters. The molecule has 114 valence electrons. The summed E-state index contributed by atoms with van der Waals surface area (Å²) >= 11 is 0. The second kappa shape index (κ2) is 7.52. The number of aryl methyl sites for hydroxylation is 1. The lowest BCUT2D eigenvalue weighted by atomic mass is 9.93. The van der Waals surface area contributed by atoms with Crippen molar-refractivity contribution in [2.24, 2.45) is 11.5 Å². The average molecular weight is 296 g/mol. The van der Waals surface area contributed by atoms with E-state index in [0.29, 0.717) is 18.4 Å². The van der Waals surface area contributed by atoms with Crippen LogP contribution in [-0.4, -0.2) is 17.7 Å². The summed E-state index contributed by atoms with van der Waals surface area (Å²) in [7, 11) is 0. The van der Waals surface area contributed by atoms with Crippen LogP contribution in [0.4, 0.5) is 0 Å². The Balaban J connectivity index is 2.13. The van der Waals surface area contributed by atoms with Crippen molar-refractivity contribution >= 4 is 11.7 Å². The van der Waals surface area contributed by atoms with Crippen molar-refractivity contribution in [2.45, 2.75) is 25.3 Å². The monoisotopic (exact) mass is 296 g/mol. The van der Waals surface area contributed by atoms with Gasteiger partial charge >= 0.3 is 0 Å². The van der Waals surface area contributed by atoms with Crippen LogP contribution in [0.3, 0.4) is 0 Å². The molecule has 2 aromatic rings. The Bertz CT molecular complexity index is 653. The number of amides is 1. The number of benzene rings is 2. The van der Waals surface area contributed by atoms with Gasteiger partial charge in [0.05, 0.1) is 6.04 Å². The summed E-state index contributed by atoms with van der Waals surface area (Å²) in [6.07, 6.45) is 1.16. The van der Waals surface area contributed by atoms with Gasteiger partial charge in [0.25, 0.3) is 0 Å². The van der Waals surface area contributed by atoms with E-state index in [1.54, 1.807) is 12.1 Å². The van der Waals surface area contributed by atoms with Crippen molar-refractivity contribution in [3.05, 3.63) is 71.3 Å². The van der Waals surface area contributed by atoms with Gasteiger partial charge in [0, 0.05) is 12.0 Å². The largest absolute Gasteiger partial charge is 0.370 e. The van der Waals surface area contributed by atoms with Crippen LogP contribution in [0.1, 0.15) is 27.9 Å². The smallest absolute Gasteiger partial charge is 0.217 e. The highest BCUT2D eigenvalue weighted by molar-refractivity contribution is 6.01. The fourth-order valence-corrected chi connectivity index (χ4v) is 2.40. The molecule has 4 N–H and O–H groups in total. The first-order chi connectivity index (χ1) is 10.6. The van der Waals surface area contributed by atoms with E-state index in [-0.39, 0.29) is 18.1 Å². The normalized spacial score (nSPS) is 11.9. The summed E-state index contributed by atoms with van der Waals surface area (Å²) in [6, 6.07) is 16.3. The number of ketones is 1. The Morgan fingerprint density at radius 2 is 1.59 bits per heavy atom. The molecule has 4 heteroatoms. The van der Waals surface area contributed by atoms with Gasteiger partial charge < -0.3 is 11.5 Å². The number of primary amides is 1. The van der Waals surface area contributed by atoms with E-state index < -0.39 is 6.04 Å². The van der Waals surface area contributed by atoms with Gasteiger partial charge in [-0.05, 0) is 24.0 Å². The molecule has 0 saturated heterocycles. The molecule has 0 aliphatic carbocycles. The fourth-order valence-electron chi connectivity index (χ4n) is 2.40. The van der Waals surface area contributed by atoms with Crippen molar-refractivity contribution in [3.63, 3.8) is 0 Å². The van der Waals surface area contributed by atoms with Crippen molar-refractivity contribution in [2.75, 3.05) is 0 Å². The average Bonchev–Trinajstić information content (AvgIpc) is 2.53. The number of rotatable bonds is 7. The summed E-state index contributed by atoms with van der Waals surface area (Å²) in [5.41, 5.74) is 13.7. The van der Waals surface area contributed by atoms with E-state index in [0.717, 1.165) is 11.1 Å². The minimum absolute atomic E-state index is 0.107. The summed E-state index contributed by atoms with van der Waals surface area (Å²) in [5, 5.41) is 0. The van der Waals surface area contributed by atoms with Crippen molar-refractivity contribution < 1.29 is 9.59 Å². The second-order valence-electron chi connectivity index (χ2n) is 5.28. The minimum Gasteiger partial charge on any atom is -0.370 e. The lowest BCUT2D eigenvalue weighted by Gasteiger charge is -2.14. The number of carbonyl (C=O) groups is 2. The predicted octanol–water partition coefficient (Wildman–Crippen LogP) is 1.86. The molecule has 2 rings (SSSR count). The van der Waals surface area contributed by atoms with Crippen LogP contribution in [0, 0.1) is 0 Å². The van der Waals surface area contributed by atoms with Gasteiger partial charge in [-0.25, -0.2) is 0 Å². The third-order valence-corrected chi connectivity index (χ3v) is 3.56. The lowest BCUT2D eigenvalue weighted by Crippen LogP contribution is -2.33. The number of hydrogen-bond donors (Lipinski definition) is 2. The molecule has 4 nitrogen and oxygen atoms in total. The Labute approximate surface area is 130 Å². The number of hydrogen-bond acceptors (Lipinski definition) is 3. The number of nitrogens with two attached hydrogens (primary N) is 2. The molecule has 0 unspecified atom stereocenters. The van der Waals surface area contributed by atoms with Gasteiger partial charge in [-0.1, -0.05) is 54.6 Å². The standard InChI is InChI=1S/C18H20N2O2/c19-16(12-13-6-2-1-3-7-13)18(22)15-9-5-4-8-14(15)10-11-17(20)21/h1-9,16H,10-12,19H2,(H2,20,21)/t16-/m0/s1. The first-order valence-corrected chi connectivity index (χ1v) is 7.28. The molecule has 1 amide bonds. The van der Waals surface area contributed by atoms with Gasteiger partial charge in [0.1, 0.15) is 0 Å². The number of Topliss-reactive ketones (excluding diaryl/α,β-unsaturated/α-hetero) is 1. The van der Waals surface area contributed by atoms with E-state index in [9.17, 15) is 9.59 Å². The van der Waals surface area contributed by atoms with E-state index in [2.05, 4.69) is 0 Å². The molecule has 0 saturated carbocycles. The third-order valence-electron chi connectivity index (χ3n) is 3.56. The highest BCUT2D eigenvalue weighted by Crippen LogP contribution is 2.15. The van der Waals surface area contributed by atoms with Gasteiger partial charge in [-0.2, -0.15) is 0 Å². The van der Waals surface area contributed by atoms with Crippen molar-refractivity contribution in [3.8, 4) is 0 Å². The van der Waals surface area contributed by atoms with E-state index in [1.165, 1.54) is 0 Å². The highest BCUT2D eigenvalue weighted by Gasteiger charge is 2.19. The maximum Gasteiger partial charge on any atom is 0.217 e. The van der Waals surface area contributed by atoms with Crippen molar-refractivity contribution in [1.82, 2.24) is 0 Å². The van der Waals surface area contributed by atoms with Crippen LogP contribution in [-0.2, 0) is 17.6 Å². The lowest BCUT2D eigenvalue weighted by molar-refractivity contribution is -0.117. The molecule has 0 bridgehead atoms. The quantitative estimate of drug-likeness (QED) is 0.765. The summed E-state index contributed by atoms with van der Waals surface area (Å²) in [4.78, 5) is 23.5. The zero-order chi connectivity index (χ0) is 15.9. The Kier molecular flexibility index (Phi) is 5.44. The van der Waals surface area contributed by atoms with Crippen molar-refractivity contribution in [1.29, 1.82) is 0 Å². The van der Waals surface area contributed by atoms with Crippen LogP contribution < -0.4 is 11.5 Å². The third kappa shape index (κ3) is 4.27. The van der Waals surface area contributed by atoms with Gasteiger partial charge in [-0.3, -0.25) is 9.59 Å². The molecule has 0 radical (unpaired) electrons.